The lowest BCUT2D eigenvalue weighted by Gasteiger charge is -2.20. The second-order valence-electron chi connectivity index (χ2n) is 5.60. The topological polar surface area (TPSA) is 46.9 Å². The summed E-state index contributed by atoms with van der Waals surface area (Å²) in [5.41, 5.74) is 1.58. The van der Waals surface area contributed by atoms with Gasteiger partial charge in [0.1, 0.15) is 0 Å². The van der Waals surface area contributed by atoms with Gasteiger partial charge in [-0.05, 0) is 44.5 Å². The first-order valence-electron chi connectivity index (χ1n) is 6.33. The van der Waals surface area contributed by atoms with Crippen LogP contribution in [0.15, 0.2) is 42.7 Å². The van der Waals surface area contributed by atoms with E-state index in [0.29, 0.717) is 12.1 Å². The average Bonchev–Trinajstić information content (AvgIpc) is 2.80. The number of hydrogen-bond donors (Lipinski definition) is 1. The second-order valence-corrected chi connectivity index (χ2v) is 5.60. The van der Waals surface area contributed by atoms with Crippen molar-refractivity contribution in [3.05, 3.63) is 53.9 Å². The molecule has 2 rings (SSSR count). The number of amides is 1. The minimum atomic E-state index is -0.217. The van der Waals surface area contributed by atoms with Crippen LogP contribution >= 0.6 is 0 Å². The molecule has 0 radical (unpaired) electrons. The zero-order valence-electron chi connectivity index (χ0n) is 11.6. The molecule has 0 atom stereocenters. The maximum Gasteiger partial charge on any atom is 0.251 e. The lowest BCUT2D eigenvalue weighted by atomic mass is 10.1. The van der Waals surface area contributed by atoms with Crippen molar-refractivity contribution < 1.29 is 4.79 Å². The van der Waals surface area contributed by atoms with Crippen LogP contribution in [-0.4, -0.2) is 21.2 Å². The SMILES string of the molecule is CC(C)(C)NC(=O)c1ccc(Cn2cccn2)cc1. The molecule has 1 aromatic heterocycles. The summed E-state index contributed by atoms with van der Waals surface area (Å²) in [6.07, 6.45) is 3.67. The van der Waals surface area contributed by atoms with Crippen LogP contribution in [0.2, 0.25) is 0 Å². The number of rotatable bonds is 3. The van der Waals surface area contributed by atoms with Crippen molar-refractivity contribution in [1.82, 2.24) is 15.1 Å². The summed E-state index contributed by atoms with van der Waals surface area (Å²) >= 11 is 0. The summed E-state index contributed by atoms with van der Waals surface area (Å²) in [7, 11) is 0. The normalized spacial score (nSPS) is 11.3. The largest absolute Gasteiger partial charge is 0.347 e. The van der Waals surface area contributed by atoms with E-state index >= 15 is 0 Å². The first kappa shape index (κ1) is 13.3. The summed E-state index contributed by atoms with van der Waals surface area (Å²) < 4.78 is 1.85. The summed E-state index contributed by atoms with van der Waals surface area (Å²) in [5.74, 6) is -0.0434. The Morgan fingerprint density at radius 1 is 1.26 bits per heavy atom. The van der Waals surface area contributed by atoms with Crippen LogP contribution in [0.4, 0.5) is 0 Å². The highest BCUT2D eigenvalue weighted by Crippen LogP contribution is 2.08. The highest BCUT2D eigenvalue weighted by atomic mass is 16.1. The molecule has 0 spiro atoms. The van der Waals surface area contributed by atoms with Crippen molar-refractivity contribution in [3.8, 4) is 0 Å². The molecule has 0 fully saturated rings. The van der Waals surface area contributed by atoms with Gasteiger partial charge in [0.2, 0.25) is 0 Å². The molecule has 0 unspecified atom stereocenters. The lowest BCUT2D eigenvalue weighted by molar-refractivity contribution is 0.0919. The molecule has 0 aliphatic carbocycles. The third-order valence-corrected chi connectivity index (χ3v) is 2.61. The number of nitrogens with one attached hydrogen (secondary N) is 1. The molecule has 1 N–H and O–H groups in total. The van der Waals surface area contributed by atoms with Crippen molar-refractivity contribution in [2.45, 2.75) is 32.9 Å². The Bertz CT molecular complexity index is 536. The lowest BCUT2D eigenvalue weighted by Crippen LogP contribution is -2.40. The third-order valence-electron chi connectivity index (χ3n) is 2.61. The van der Waals surface area contributed by atoms with Crippen LogP contribution in [0.5, 0.6) is 0 Å². The highest BCUT2D eigenvalue weighted by Gasteiger charge is 2.14. The fraction of sp³-hybridized carbons (Fsp3) is 0.333. The molecule has 0 bridgehead atoms. The van der Waals surface area contributed by atoms with Gasteiger partial charge in [0.15, 0.2) is 0 Å². The Balaban J connectivity index is 2.04. The quantitative estimate of drug-likeness (QED) is 0.918. The highest BCUT2D eigenvalue weighted by molar-refractivity contribution is 5.94. The van der Waals surface area contributed by atoms with Crippen molar-refractivity contribution in [3.63, 3.8) is 0 Å². The molecule has 4 heteroatoms. The smallest absolute Gasteiger partial charge is 0.251 e. The van der Waals surface area contributed by atoms with Gasteiger partial charge in [-0.15, -0.1) is 0 Å². The van der Waals surface area contributed by atoms with Gasteiger partial charge in [-0.2, -0.15) is 5.10 Å². The first-order chi connectivity index (χ1) is 8.94. The summed E-state index contributed by atoms with van der Waals surface area (Å²) in [6.45, 7) is 6.62. The maximum atomic E-state index is 12.0. The van der Waals surface area contributed by atoms with E-state index in [1.165, 1.54) is 0 Å². The van der Waals surface area contributed by atoms with Crippen LogP contribution < -0.4 is 5.32 Å². The van der Waals surface area contributed by atoms with Crippen LogP contribution in [0.25, 0.3) is 0 Å². The molecule has 0 saturated carbocycles. The predicted molar refractivity (Wildman–Crippen MR) is 75.0 cm³/mol. The van der Waals surface area contributed by atoms with Gasteiger partial charge in [-0.25, -0.2) is 0 Å². The molecule has 1 heterocycles. The number of aromatic nitrogens is 2. The van der Waals surface area contributed by atoms with Gasteiger partial charge in [-0.3, -0.25) is 9.48 Å². The van der Waals surface area contributed by atoms with Crippen LogP contribution in [0.3, 0.4) is 0 Å². The molecule has 2 aromatic rings. The summed E-state index contributed by atoms with van der Waals surface area (Å²) in [5, 5.41) is 7.10. The van der Waals surface area contributed by atoms with Gasteiger partial charge in [-0.1, -0.05) is 12.1 Å². The standard InChI is InChI=1S/C15H19N3O/c1-15(2,3)17-14(19)13-7-5-12(6-8-13)11-18-10-4-9-16-18/h4-10H,11H2,1-3H3,(H,17,19). The minimum Gasteiger partial charge on any atom is -0.347 e. The molecule has 0 aliphatic rings. The zero-order valence-corrected chi connectivity index (χ0v) is 11.6. The molecule has 1 amide bonds. The summed E-state index contributed by atoms with van der Waals surface area (Å²) in [6, 6.07) is 9.50. The average molecular weight is 257 g/mol. The fourth-order valence-corrected chi connectivity index (χ4v) is 1.76. The number of hydrogen-bond acceptors (Lipinski definition) is 2. The van der Waals surface area contributed by atoms with E-state index in [-0.39, 0.29) is 11.4 Å². The zero-order chi connectivity index (χ0) is 13.9. The second kappa shape index (κ2) is 5.26. The van der Waals surface area contributed by atoms with E-state index in [0.717, 1.165) is 5.56 Å². The van der Waals surface area contributed by atoms with E-state index in [2.05, 4.69) is 10.4 Å². The van der Waals surface area contributed by atoms with Crippen molar-refractivity contribution >= 4 is 5.91 Å². The van der Waals surface area contributed by atoms with E-state index in [9.17, 15) is 4.79 Å². The molecule has 1 aromatic carbocycles. The molecule has 0 aliphatic heterocycles. The van der Waals surface area contributed by atoms with E-state index in [1.54, 1.807) is 6.20 Å². The Morgan fingerprint density at radius 2 is 1.95 bits per heavy atom. The molecular formula is C15H19N3O. The Labute approximate surface area is 113 Å². The van der Waals surface area contributed by atoms with Crippen molar-refractivity contribution in [2.24, 2.45) is 0 Å². The fourth-order valence-electron chi connectivity index (χ4n) is 1.76. The van der Waals surface area contributed by atoms with Gasteiger partial charge < -0.3 is 5.32 Å². The Hall–Kier alpha value is -2.10. The predicted octanol–water partition coefficient (Wildman–Crippen LogP) is 2.46. The van der Waals surface area contributed by atoms with E-state index in [1.807, 2.05) is 62.0 Å². The first-order valence-corrected chi connectivity index (χ1v) is 6.33. The monoisotopic (exact) mass is 257 g/mol. The summed E-state index contributed by atoms with van der Waals surface area (Å²) in [4.78, 5) is 12.0. The van der Waals surface area contributed by atoms with Crippen LogP contribution in [0, 0.1) is 0 Å². The number of nitrogens with zero attached hydrogens (tertiary/aromatic N) is 2. The number of carbonyl (C=O) groups is 1. The minimum absolute atomic E-state index is 0.0434. The van der Waals surface area contributed by atoms with Gasteiger partial charge in [0.05, 0.1) is 6.54 Å². The van der Waals surface area contributed by atoms with Crippen molar-refractivity contribution in [1.29, 1.82) is 0 Å². The van der Waals surface area contributed by atoms with Crippen LogP contribution in [0.1, 0.15) is 36.7 Å². The number of benzene rings is 1. The van der Waals surface area contributed by atoms with Crippen molar-refractivity contribution in [2.75, 3.05) is 0 Å². The number of carbonyl (C=O) groups excluding carboxylic acids is 1. The third kappa shape index (κ3) is 3.95. The van der Waals surface area contributed by atoms with Gasteiger partial charge >= 0.3 is 0 Å². The Kier molecular flexibility index (Phi) is 3.69. The molecule has 4 nitrogen and oxygen atoms in total. The molecule has 0 saturated heterocycles. The maximum absolute atomic E-state index is 12.0. The van der Waals surface area contributed by atoms with E-state index < -0.39 is 0 Å². The van der Waals surface area contributed by atoms with Crippen LogP contribution in [-0.2, 0) is 6.54 Å². The van der Waals surface area contributed by atoms with Gasteiger partial charge in [0.25, 0.3) is 5.91 Å². The molecule has 19 heavy (non-hydrogen) atoms. The Morgan fingerprint density at radius 3 is 2.47 bits per heavy atom. The molecule has 100 valence electrons. The molecular weight excluding hydrogens is 238 g/mol. The van der Waals surface area contributed by atoms with Gasteiger partial charge in [0, 0.05) is 23.5 Å². The van der Waals surface area contributed by atoms with E-state index in [4.69, 9.17) is 0 Å².